The van der Waals surface area contributed by atoms with Gasteiger partial charge in [0.25, 0.3) is 0 Å². The van der Waals surface area contributed by atoms with E-state index in [0.29, 0.717) is 103 Å². The third-order valence-corrected chi connectivity index (χ3v) is 20.7. The van der Waals surface area contributed by atoms with E-state index in [9.17, 15) is 40.2 Å². The van der Waals surface area contributed by atoms with Crippen molar-refractivity contribution in [2.45, 2.75) is 177 Å². The zero-order chi connectivity index (χ0) is 43.6. The highest BCUT2D eigenvalue weighted by atomic mass is 16.5. The number of rotatable bonds is 9. The van der Waals surface area contributed by atoms with Gasteiger partial charge in [0.1, 0.15) is 13.2 Å². The topological polar surface area (TPSA) is 199 Å². The van der Waals surface area contributed by atoms with Crippen LogP contribution in [0, 0.1) is 57.2 Å². The zero-order valence-electron chi connectivity index (χ0n) is 37.1. The second-order valence-corrected chi connectivity index (χ2v) is 22.8. The Morgan fingerprint density at radius 3 is 1.35 bits per heavy atom. The van der Waals surface area contributed by atoms with E-state index >= 15 is 0 Å². The van der Waals surface area contributed by atoms with Crippen molar-refractivity contribution >= 4 is 24.4 Å². The minimum Gasteiger partial charge on any atom is -0.458 e. The average molecular weight is 861 g/mol. The molecule has 0 aromatic heterocycles. The number of esters is 2. The summed E-state index contributed by atoms with van der Waals surface area (Å²) in [6.45, 7) is 6.18. The van der Waals surface area contributed by atoms with E-state index in [1.54, 1.807) is 12.2 Å². The molecule has 8 fully saturated rings. The molecular weight excluding hydrogens is 789 g/mol. The van der Waals surface area contributed by atoms with E-state index in [2.05, 4.69) is 13.8 Å². The summed E-state index contributed by atoms with van der Waals surface area (Å²) in [7, 11) is 0. The van der Waals surface area contributed by atoms with Crippen LogP contribution in [0.1, 0.15) is 142 Å². The van der Waals surface area contributed by atoms with Gasteiger partial charge in [-0.15, -0.1) is 0 Å². The van der Waals surface area contributed by atoms with Gasteiger partial charge in [-0.25, -0.2) is 9.59 Å². The van der Waals surface area contributed by atoms with Crippen molar-refractivity contribution in [2.24, 2.45) is 67.2 Å². The molecule has 0 aromatic carbocycles. The Hall–Kier alpha value is -2.48. The van der Waals surface area contributed by atoms with Crippen molar-refractivity contribution in [1.29, 1.82) is 0 Å². The standard InChI is InChI=1S/C50H72N2O10/c1-43-13-7-37-39(49(43,59)19-11-35(43)31-23-41(55)61-27-31)9-17-47(57)25-33(53)5-15-45(37,47)29-51-21-3-4-22-52-30-46-16-6-34(54)26-48(46,58)18-10-40-38(46)8-14-44(2)36(12-20-50(40,44)60)32-24-42(56)62-28-32/h23-24,29-30,33-40,53-54,57-60H,3-22,25-28H2,1-2H3/t33?,34?,35-,36-,37-,38-,39?,40?,43?,44?,45-,46-,47?,48?,49?,50?/m0/s1. The molecule has 0 spiro atoms. The van der Waals surface area contributed by atoms with Crippen molar-refractivity contribution in [3.63, 3.8) is 0 Å². The average Bonchev–Trinajstić information content (AvgIpc) is 3.98. The summed E-state index contributed by atoms with van der Waals surface area (Å²) in [5.74, 6) is -0.373. The summed E-state index contributed by atoms with van der Waals surface area (Å²) in [5, 5.41) is 72.2. The molecule has 0 bridgehead atoms. The van der Waals surface area contributed by atoms with Crippen LogP contribution >= 0.6 is 0 Å². The van der Waals surface area contributed by atoms with Gasteiger partial charge in [0, 0.05) is 72.2 Å². The van der Waals surface area contributed by atoms with Crippen LogP contribution in [0.5, 0.6) is 0 Å². The molecule has 0 radical (unpaired) electrons. The second-order valence-electron chi connectivity index (χ2n) is 22.8. The minimum atomic E-state index is -1.10. The summed E-state index contributed by atoms with van der Waals surface area (Å²) in [4.78, 5) is 34.2. The van der Waals surface area contributed by atoms with E-state index in [4.69, 9.17) is 19.5 Å². The molecule has 12 heteroatoms. The largest absolute Gasteiger partial charge is 0.458 e. The van der Waals surface area contributed by atoms with E-state index in [1.807, 2.05) is 12.4 Å². The van der Waals surface area contributed by atoms with Gasteiger partial charge >= 0.3 is 11.9 Å². The summed E-state index contributed by atoms with van der Waals surface area (Å²) >= 11 is 0. The van der Waals surface area contributed by atoms with Gasteiger partial charge in [-0.3, -0.25) is 9.98 Å². The number of carbonyl (C=O) groups excluding carboxylic acids is 2. The van der Waals surface area contributed by atoms with E-state index in [0.717, 1.165) is 62.5 Å². The highest BCUT2D eigenvalue weighted by Gasteiger charge is 2.73. The molecule has 10 aliphatic rings. The van der Waals surface area contributed by atoms with Crippen LogP contribution < -0.4 is 0 Å². The molecule has 8 aliphatic carbocycles. The molecule has 0 saturated heterocycles. The molecule has 2 heterocycles. The van der Waals surface area contributed by atoms with Crippen molar-refractivity contribution in [2.75, 3.05) is 26.3 Å². The van der Waals surface area contributed by atoms with Crippen molar-refractivity contribution in [1.82, 2.24) is 0 Å². The summed E-state index contributed by atoms with van der Waals surface area (Å²) in [6, 6.07) is 0. The zero-order valence-corrected chi connectivity index (χ0v) is 37.1. The molecule has 62 heavy (non-hydrogen) atoms. The van der Waals surface area contributed by atoms with Gasteiger partial charge in [-0.05, 0) is 162 Å². The first-order chi connectivity index (χ1) is 29.5. The van der Waals surface area contributed by atoms with E-state index in [1.165, 1.54) is 0 Å². The third-order valence-electron chi connectivity index (χ3n) is 20.7. The lowest BCUT2D eigenvalue weighted by molar-refractivity contribution is -0.237. The molecule has 8 saturated carbocycles. The highest BCUT2D eigenvalue weighted by molar-refractivity contribution is 5.86. The molecule has 10 unspecified atom stereocenters. The summed E-state index contributed by atoms with van der Waals surface area (Å²) in [5.41, 5.74) is -4.09. The summed E-state index contributed by atoms with van der Waals surface area (Å²) < 4.78 is 10.6. The van der Waals surface area contributed by atoms with Crippen LogP contribution in [0.3, 0.4) is 0 Å². The number of hydrogen-bond donors (Lipinski definition) is 6. The van der Waals surface area contributed by atoms with Crippen LogP contribution in [0.2, 0.25) is 0 Å². The molecule has 2 aliphatic heterocycles. The number of aliphatic hydroxyl groups excluding tert-OH is 2. The van der Waals surface area contributed by atoms with Crippen LogP contribution in [-0.2, 0) is 19.1 Å². The van der Waals surface area contributed by atoms with Gasteiger partial charge in [-0.1, -0.05) is 13.8 Å². The third kappa shape index (κ3) is 6.03. The first-order valence-electron chi connectivity index (χ1n) is 24.5. The molecule has 6 N–H and O–H groups in total. The Morgan fingerprint density at radius 1 is 0.565 bits per heavy atom. The van der Waals surface area contributed by atoms with Crippen LogP contribution in [0.25, 0.3) is 0 Å². The maximum atomic E-state index is 12.8. The number of ether oxygens (including phenoxy) is 2. The summed E-state index contributed by atoms with van der Waals surface area (Å²) in [6.07, 6.45) is 19.6. The van der Waals surface area contributed by atoms with Crippen LogP contribution in [0.4, 0.5) is 0 Å². The van der Waals surface area contributed by atoms with Gasteiger partial charge < -0.3 is 40.1 Å². The number of carbonyl (C=O) groups is 2. The van der Waals surface area contributed by atoms with Crippen LogP contribution in [-0.4, -0.2) is 116 Å². The number of aliphatic imine (C=N–C) groups is 2. The fourth-order valence-corrected chi connectivity index (χ4v) is 17.6. The van der Waals surface area contributed by atoms with E-state index < -0.39 is 45.4 Å². The monoisotopic (exact) mass is 861 g/mol. The van der Waals surface area contributed by atoms with Crippen molar-refractivity contribution in [3.05, 3.63) is 23.3 Å². The minimum absolute atomic E-state index is 0.0156. The molecule has 342 valence electrons. The SMILES string of the molecule is CC12CC[C@H]3C(CCC4(O)CC(O)CC[C@]34C=NCCCCN=C[C@]34CCC(O)CC3(O)CCC3[C@@H]4CCC4(C)[C@H](C5=CC(=O)OC5)CCC34O)C1(O)CC[C@H]2C1=CC(=O)OC1. The van der Waals surface area contributed by atoms with Gasteiger partial charge in [-0.2, -0.15) is 0 Å². The predicted octanol–water partition coefficient (Wildman–Crippen LogP) is 5.33. The number of nitrogens with zero attached hydrogens (tertiary/aromatic N) is 2. The van der Waals surface area contributed by atoms with Gasteiger partial charge in [0.05, 0.1) is 34.6 Å². The Labute approximate surface area is 366 Å². The van der Waals surface area contributed by atoms with Crippen molar-refractivity contribution in [3.8, 4) is 0 Å². The molecule has 12 nitrogen and oxygen atoms in total. The van der Waals surface area contributed by atoms with Gasteiger partial charge in [0.15, 0.2) is 0 Å². The number of fused-ring (bicyclic) bond motifs is 10. The molecule has 16 atom stereocenters. The molecule has 0 amide bonds. The molecule has 10 rings (SSSR count). The number of aliphatic hydroxyl groups is 6. The number of cyclic esters (lactones) is 2. The second kappa shape index (κ2) is 15.0. The Kier molecular flexibility index (Phi) is 10.5. The highest BCUT2D eigenvalue weighted by Crippen LogP contribution is 2.72. The Morgan fingerprint density at radius 2 is 0.968 bits per heavy atom. The predicted molar refractivity (Wildman–Crippen MR) is 231 cm³/mol. The maximum absolute atomic E-state index is 12.8. The Bertz CT molecular complexity index is 1820. The lowest BCUT2D eigenvalue weighted by Gasteiger charge is -2.65. The first kappa shape index (κ1) is 43.4. The fraction of sp³-hybridized carbons (Fsp3) is 0.840. The quantitative estimate of drug-likeness (QED) is 0.100. The normalized spacial score (nSPS) is 52.1. The fourth-order valence-electron chi connectivity index (χ4n) is 17.6. The van der Waals surface area contributed by atoms with E-state index in [-0.39, 0.29) is 58.3 Å². The number of unbranched alkanes of at least 4 members (excludes halogenated alkanes) is 1. The lowest BCUT2D eigenvalue weighted by atomic mass is 9.41. The molecule has 0 aromatic rings. The van der Waals surface area contributed by atoms with Gasteiger partial charge in [0.2, 0.25) is 0 Å². The Balaban J connectivity index is 0.829. The van der Waals surface area contributed by atoms with Crippen molar-refractivity contribution < 1.29 is 49.7 Å². The van der Waals surface area contributed by atoms with Crippen LogP contribution in [0.15, 0.2) is 33.3 Å². The molecular formula is C50H72N2O10. The first-order valence-corrected chi connectivity index (χ1v) is 24.5. The maximum Gasteiger partial charge on any atom is 0.331 e. The number of hydrogen-bond acceptors (Lipinski definition) is 12. The lowest BCUT2D eigenvalue weighted by Crippen LogP contribution is -2.68. The smallest absolute Gasteiger partial charge is 0.331 e.